The van der Waals surface area contributed by atoms with Gasteiger partial charge >= 0.3 is 0 Å². The summed E-state index contributed by atoms with van der Waals surface area (Å²) in [5, 5.41) is 8.13. The molecule has 3 heterocycles. The Morgan fingerprint density at radius 2 is 2.00 bits per heavy atom. The fourth-order valence-corrected chi connectivity index (χ4v) is 2.76. The second-order valence-corrected chi connectivity index (χ2v) is 4.54. The topological polar surface area (TPSA) is 32.3 Å². The van der Waals surface area contributed by atoms with Crippen molar-refractivity contribution in [2.45, 2.75) is 24.9 Å². The molecule has 0 aliphatic carbocycles. The summed E-state index contributed by atoms with van der Waals surface area (Å²) in [6.45, 7) is 2.21. The van der Waals surface area contributed by atoms with Gasteiger partial charge in [-0.05, 0) is 32.0 Å². The summed E-state index contributed by atoms with van der Waals surface area (Å²) >= 11 is 0. The molecule has 2 atom stereocenters. The van der Waals surface area contributed by atoms with Crippen LogP contribution in [0.1, 0.15) is 12.8 Å². The van der Waals surface area contributed by atoms with E-state index in [1.807, 2.05) is 6.07 Å². The van der Waals surface area contributed by atoms with Gasteiger partial charge in [-0.25, -0.2) is 0 Å². The van der Waals surface area contributed by atoms with Crippen LogP contribution in [0, 0.1) is 0 Å². The van der Waals surface area contributed by atoms with E-state index in [9.17, 15) is 0 Å². The van der Waals surface area contributed by atoms with Crippen LogP contribution in [0.25, 0.3) is 0 Å². The van der Waals surface area contributed by atoms with Crippen molar-refractivity contribution in [1.82, 2.24) is 15.1 Å². The Kier molecular flexibility index (Phi) is 2.09. The van der Waals surface area contributed by atoms with Gasteiger partial charge in [0.25, 0.3) is 0 Å². The number of nitrogens with zero attached hydrogens (tertiary/aromatic N) is 4. The lowest BCUT2D eigenvalue weighted by molar-refractivity contribution is 0.211. The average molecular weight is 204 g/mol. The van der Waals surface area contributed by atoms with Gasteiger partial charge in [0.15, 0.2) is 5.82 Å². The van der Waals surface area contributed by atoms with Crippen molar-refractivity contribution in [1.29, 1.82) is 0 Å². The van der Waals surface area contributed by atoms with Crippen molar-refractivity contribution in [3.63, 3.8) is 0 Å². The molecule has 0 spiro atoms. The van der Waals surface area contributed by atoms with Crippen molar-refractivity contribution in [2.75, 3.05) is 25.0 Å². The molecule has 0 saturated carbocycles. The Hall–Kier alpha value is -1.16. The molecule has 2 unspecified atom stereocenters. The number of piperazine rings is 1. The molecule has 2 aliphatic rings. The molecular weight excluding hydrogens is 188 g/mol. The zero-order chi connectivity index (χ0) is 10.3. The summed E-state index contributed by atoms with van der Waals surface area (Å²) in [6.07, 6.45) is 4.39. The summed E-state index contributed by atoms with van der Waals surface area (Å²) in [7, 11) is 2.25. The number of aromatic nitrogens is 2. The smallest absolute Gasteiger partial charge is 0.151 e. The van der Waals surface area contributed by atoms with Gasteiger partial charge in [-0.15, -0.1) is 5.10 Å². The molecule has 80 valence electrons. The van der Waals surface area contributed by atoms with E-state index in [4.69, 9.17) is 0 Å². The highest BCUT2D eigenvalue weighted by atomic mass is 15.3. The van der Waals surface area contributed by atoms with Crippen LogP contribution in [0.3, 0.4) is 0 Å². The maximum Gasteiger partial charge on any atom is 0.151 e. The molecule has 1 aromatic rings. The fraction of sp³-hybridized carbons (Fsp3) is 0.636. The summed E-state index contributed by atoms with van der Waals surface area (Å²) in [6, 6.07) is 5.44. The predicted molar refractivity (Wildman–Crippen MR) is 58.8 cm³/mol. The van der Waals surface area contributed by atoms with E-state index < -0.39 is 0 Å². The third-order valence-corrected chi connectivity index (χ3v) is 3.73. The highest BCUT2D eigenvalue weighted by molar-refractivity contribution is 5.38. The minimum atomic E-state index is 0.714. The molecule has 4 heteroatoms. The van der Waals surface area contributed by atoms with Gasteiger partial charge in [0.05, 0.1) is 0 Å². The van der Waals surface area contributed by atoms with Crippen molar-refractivity contribution in [3.05, 3.63) is 18.3 Å². The first kappa shape index (κ1) is 9.09. The second kappa shape index (κ2) is 3.45. The molecule has 0 amide bonds. The zero-order valence-corrected chi connectivity index (χ0v) is 9.00. The fourth-order valence-electron chi connectivity index (χ4n) is 2.76. The van der Waals surface area contributed by atoms with Crippen LogP contribution >= 0.6 is 0 Å². The van der Waals surface area contributed by atoms with E-state index in [0.29, 0.717) is 12.1 Å². The standard InChI is InChI=1S/C11H16N4/c1-14-9-4-5-10(14)8-15(7-9)11-3-2-6-12-13-11/h2-3,6,9-10H,4-5,7-8H2,1H3. The highest BCUT2D eigenvalue weighted by Gasteiger charge is 2.37. The Bertz CT molecular complexity index is 326. The molecule has 15 heavy (non-hydrogen) atoms. The quantitative estimate of drug-likeness (QED) is 0.676. The third-order valence-electron chi connectivity index (χ3n) is 3.73. The number of rotatable bonds is 1. The van der Waals surface area contributed by atoms with E-state index in [2.05, 4.69) is 33.1 Å². The SMILES string of the molecule is CN1C2CCC1CN(c1cccnn1)C2. The van der Waals surface area contributed by atoms with E-state index in [-0.39, 0.29) is 0 Å². The van der Waals surface area contributed by atoms with Gasteiger partial charge in [0.1, 0.15) is 0 Å². The predicted octanol–water partition coefficient (Wildman–Crippen LogP) is 0.759. The summed E-state index contributed by atoms with van der Waals surface area (Å²) in [5.74, 6) is 1.03. The molecule has 2 fully saturated rings. The summed E-state index contributed by atoms with van der Waals surface area (Å²) in [4.78, 5) is 4.89. The number of anilines is 1. The molecule has 0 aromatic carbocycles. The Morgan fingerprint density at radius 1 is 1.27 bits per heavy atom. The van der Waals surface area contributed by atoms with Gasteiger partial charge in [0, 0.05) is 31.4 Å². The molecule has 2 bridgehead atoms. The molecular formula is C11H16N4. The molecule has 2 aliphatic heterocycles. The first-order valence-electron chi connectivity index (χ1n) is 5.59. The number of fused-ring (bicyclic) bond motifs is 2. The minimum Gasteiger partial charge on any atom is -0.352 e. The van der Waals surface area contributed by atoms with Crippen LogP contribution in [0.4, 0.5) is 5.82 Å². The van der Waals surface area contributed by atoms with Crippen LogP contribution in [-0.4, -0.2) is 47.3 Å². The molecule has 0 radical (unpaired) electrons. The van der Waals surface area contributed by atoms with E-state index in [1.165, 1.54) is 12.8 Å². The van der Waals surface area contributed by atoms with Crippen LogP contribution in [0.15, 0.2) is 18.3 Å². The lowest BCUT2D eigenvalue weighted by Gasteiger charge is -2.39. The van der Waals surface area contributed by atoms with Crippen molar-refractivity contribution in [3.8, 4) is 0 Å². The van der Waals surface area contributed by atoms with Gasteiger partial charge in [-0.2, -0.15) is 5.10 Å². The van der Waals surface area contributed by atoms with Crippen LogP contribution < -0.4 is 4.90 Å². The Morgan fingerprint density at radius 3 is 2.60 bits per heavy atom. The Balaban J connectivity index is 1.81. The largest absolute Gasteiger partial charge is 0.352 e. The average Bonchev–Trinajstić information content (AvgIpc) is 2.54. The second-order valence-electron chi connectivity index (χ2n) is 4.54. The molecule has 0 N–H and O–H groups in total. The first-order chi connectivity index (χ1) is 7.34. The normalized spacial score (nSPS) is 30.9. The molecule has 1 aromatic heterocycles. The maximum atomic E-state index is 4.18. The zero-order valence-electron chi connectivity index (χ0n) is 9.00. The summed E-state index contributed by atoms with van der Waals surface area (Å²) in [5.41, 5.74) is 0. The lowest BCUT2D eigenvalue weighted by atomic mass is 10.2. The van der Waals surface area contributed by atoms with E-state index in [0.717, 1.165) is 18.9 Å². The maximum absolute atomic E-state index is 4.18. The van der Waals surface area contributed by atoms with Gasteiger partial charge < -0.3 is 4.90 Å². The number of hydrogen-bond acceptors (Lipinski definition) is 4. The molecule has 2 saturated heterocycles. The molecule has 4 nitrogen and oxygen atoms in total. The van der Waals surface area contributed by atoms with E-state index >= 15 is 0 Å². The van der Waals surface area contributed by atoms with Gasteiger partial charge in [0.2, 0.25) is 0 Å². The molecule has 3 rings (SSSR count). The van der Waals surface area contributed by atoms with E-state index in [1.54, 1.807) is 6.20 Å². The van der Waals surface area contributed by atoms with Crippen molar-refractivity contribution >= 4 is 5.82 Å². The monoisotopic (exact) mass is 204 g/mol. The first-order valence-corrected chi connectivity index (χ1v) is 5.59. The Labute approximate surface area is 89.9 Å². The van der Waals surface area contributed by atoms with Gasteiger partial charge in [-0.1, -0.05) is 0 Å². The number of likely N-dealkylation sites (N-methyl/N-ethyl adjacent to an activating group) is 1. The van der Waals surface area contributed by atoms with Crippen molar-refractivity contribution < 1.29 is 0 Å². The minimum absolute atomic E-state index is 0.714. The third kappa shape index (κ3) is 1.49. The summed E-state index contributed by atoms with van der Waals surface area (Å²) < 4.78 is 0. The van der Waals surface area contributed by atoms with Crippen molar-refractivity contribution in [2.24, 2.45) is 0 Å². The van der Waals surface area contributed by atoms with Crippen LogP contribution in [-0.2, 0) is 0 Å². The lowest BCUT2D eigenvalue weighted by Crippen LogP contribution is -2.52. The highest BCUT2D eigenvalue weighted by Crippen LogP contribution is 2.29. The van der Waals surface area contributed by atoms with Crippen LogP contribution in [0.2, 0.25) is 0 Å². The van der Waals surface area contributed by atoms with Crippen LogP contribution in [0.5, 0.6) is 0 Å². The van der Waals surface area contributed by atoms with Gasteiger partial charge in [-0.3, -0.25) is 4.90 Å². The number of hydrogen-bond donors (Lipinski definition) is 0.